The zero-order chi connectivity index (χ0) is 15.8. The van der Waals surface area contributed by atoms with Gasteiger partial charge in [-0.15, -0.1) is 0 Å². The monoisotopic (exact) mass is 298 g/mol. The number of rotatable bonds is 6. The third-order valence-corrected chi connectivity index (χ3v) is 3.34. The van der Waals surface area contributed by atoms with Crippen molar-refractivity contribution in [2.24, 2.45) is 0 Å². The Bertz CT molecular complexity index is 582. The Kier molecular flexibility index (Phi) is 5.83. The number of ether oxygens (including phenoxy) is 1. The number of nitrogens with zero attached hydrogens (tertiary/aromatic N) is 1. The summed E-state index contributed by atoms with van der Waals surface area (Å²) in [5, 5.41) is 2.88. The standard InChI is InChI=1S/C18H22N2O2/c1-15-9-11-17(12-10-15)22-14-6-13-19-18(21)20(2)16-7-4-3-5-8-16/h3-5,7-12H,6,13-14H2,1-2H3,(H,19,21). The van der Waals surface area contributed by atoms with E-state index in [4.69, 9.17) is 4.74 Å². The number of para-hydroxylation sites is 1. The van der Waals surface area contributed by atoms with Crippen molar-refractivity contribution in [3.8, 4) is 5.75 Å². The molecular formula is C18H22N2O2. The highest BCUT2D eigenvalue weighted by Crippen LogP contribution is 2.12. The summed E-state index contributed by atoms with van der Waals surface area (Å²) in [6, 6.07) is 17.4. The van der Waals surface area contributed by atoms with Gasteiger partial charge in [-0.3, -0.25) is 4.90 Å². The largest absolute Gasteiger partial charge is 0.494 e. The van der Waals surface area contributed by atoms with Gasteiger partial charge in [0.1, 0.15) is 5.75 Å². The quantitative estimate of drug-likeness (QED) is 0.828. The SMILES string of the molecule is Cc1ccc(OCCCNC(=O)N(C)c2ccccc2)cc1. The first-order valence-electron chi connectivity index (χ1n) is 7.43. The first-order chi connectivity index (χ1) is 10.7. The van der Waals surface area contributed by atoms with Gasteiger partial charge in [0.05, 0.1) is 6.61 Å². The van der Waals surface area contributed by atoms with Crippen molar-refractivity contribution in [3.63, 3.8) is 0 Å². The summed E-state index contributed by atoms with van der Waals surface area (Å²) in [5.41, 5.74) is 2.08. The molecule has 2 rings (SSSR count). The molecule has 0 saturated heterocycles. The molecule has 4 nitrogen and oxygen atoms in total. The lowest BCUT2D eigenvalue weighted by atomic mass is 10.2. The molecule has 0 heterocycles. The molecule has 0 atom stereocenters. The second-order valence-corrected chi connectivity index (χ2v) is 5.14. The summed E-state index contributed by atoms with van der Waals surface area (Å²) in [6.45, 7) is 3.21. The maximum atomic E-state index is 12.0. The van der Waals surface area contributed by atoms with Crippen LogP contribution in [-0.2, 0) is 0 Å². The summed E-state index contributed by atoms with van der Waals surface area (Å²) in [7, 11) is 1.76. The average molecular weight is 298 g/mol. The van der Waals surface area contributed by atoms with E-state index in [1.54, 1.807) is 11.9 Å². The fourth-order valence-corrected chi connectivity index (χ4v) is 1.98. The molecule has 0 spiro atoms. The molecule has 0 aliphatic rings. The molecule has 0 saturated carbocycles. The predicted octanol–water partition coefficient (Wildman–Crippen LogP) is 3.61. The Balaban J connectivity index is 1.66. The summed E-state index contributed by atoms with van der Waals surface area (Å²) in [6.07, 6.45) is 0.766. The lowest BCUT2D eigenvalue weighted by Gasteiger charge is -2.18. The summed E-state index contributed by atoms with van der Waals surface area (Å²) in [4.78, 5) is 13.6. The zero-order valence-electron chi connectivity index (χ0n) is 13.1. The van der Waals surface area contributed by atoms with Crippen LogP contribution in [-0.4, -0.2) is 26.2 Å². The molecule has 2 aromatic rings. The third kappa shape index (κ3) is 4.81. The molecule has 22 heavy (non-hydrogen) atoms. The molecule has 2 amide bonds. The highest BCUT2D eigenvalue weighted by atomic mass is 16.5. The van der Waals surface area contributed by atoms with Gasteiger partial charge in [-0.25, -0.2) is 4.79 Å². The van der Waals surface area contributed by atoms with E-state index in [0.717, 1.165) is 17.9 Å². The van der Waals surface area contributed by atoms with Crippen LogP contribution in [0.2, 0.25) is 0 Å². The van der Waals surface area contributed by atoms with E-state index in [2.05, 4.69) is 5.32 Å². The minimum Gasteiger partial charge on any atom is -0.494 e. The van der Waals surface area contributed by atoms with Crippen molar-refractivity contribution < 1.29 is 9.53 Å². The number of anilines is 1. The summed E-state index contributed by atoms with van der Waals surface area (Å²) < 4.78 is 5.62. The van der Waals surface area contributed by atoms with Crippen molar-refractivity contribution >= 4 is 11.7 Å². The van der Waals surface area contributed by atoms with Gasteiger partial charge in [0.2, 0.25) is 0 Å². The summed E-state index contributed by atoms with van der Waals surface area (Å²) >= 11 is 0. The number of hydrogen-bond acceptors (Lipinski definition) is 2. The maximum Gasteiger partial charge on any atom is 0.321 e. The number of carbonyl (C=O) groups excluding carboxylic acids is 1. The van der Waals surface area contributed by atoms with Crippen LogP contribution < -0.4 is 15.0 Å². The van der Waals surface area contributed by atoms with E-state index in [1.807, 2.05) is 61.5 Å². The number of aryl methyl sites for hydroxylation is 1. The Morgan fingerprint density at radius 1 is 1.09 bits per heavy atom. The van der Waals surface area contributed by atoms with Gasteiger partial charge in [0, 0.05) is 19.3 Å². The molecule has 0 aromatic heterocycles. The van der Waals surface area contributed by atoms with Crippen molar-refractivity contribution in [3.05, 3.63) is 60.2 Å². The lowest BCUT2D eigenvalue weighted by molar-refractivity contribution is 0.245. The molecule has 0 radical (unpaired) electrons. The van der Waals surface area contributed by atoms with E-state index in [1.165, 1.54) is 5.56 Å². The molecule has 1 N–H and O–H groups in total. The molecule has 0 bridgehead atoms. The minimum absolute atomic E-state index is 0.110. The van der Waals surface area contributed by atoms with Crippen molar-refractivity contribution in [2.45, 2.75) is 13.3 Å². The van der Waals surface area contributed by atoms with Crippen LogP contribution in [0, 0.1) is 6.92 Å². The van der Waals surface area contributed by atoms with Crippen LogP contribution in [0.5, 0.6) is 5.75 Å². The second kappa shape index (κ2) is 8.08. The van der Waals surface area contributed by atoms with Gasteiger partial charge in [0.25, 0.3) is 0 Å². The van der Waals surface area contributed by atoms with Crippen LogP contribution in [0.4, 0.5) is 10.5 Å². The maximum absolute atomic E-state index is 12.0. The van der Waals surface area contributed by atoms with Crippen LogP contribution in [0.1, 0.15) is 12.0 Å². The average Bonchev–Trinajstić information content (AvgIpc) is 2.56. The number of hydrogen-bond donors (Lipinski definition) is 1. The van der Waals surface area contributed by atoms with Crippen LogP contribution in [0.15, 0.2) is 54.6 Å². The van der Waals surface area contributed by atoms with E-state index >= 15 is 0 Å². The predicted molar refractivity (Wildman–Crippen MR) is 89.5 cm³/mol. The van der Waals surface area contributed by atoms with E-state index in [9.17, 15) is 4.79 Å². The van der Waals surface area contributed by atoms with Crippen molar-refractivity contribution in [1.82, 2.24) is 5.32 Å². The zero-order valence-corrected chi connectivity index (χ0v) is 13.1. The Labute approximate surface area is 131 Å². The smallest absolute Gasteiger partial charge is 0.321 e. The van der Waals surface area contributed by atoms with Crippen LogP contribution >= 0.6 is 0 Å². The first kappa shape index (κ1) is 15.9. The van der Waals surface area contributed by atoms with E-state index in [0.29, 0.717) is 13.2 Å². The highest BCUT2D eigenvalue weighted by Gasteiger charge is 2.08. The molecule has 4 heteroatoms. The molecule has 0 aliphatic carbocycles. The third-order valence-electron chi connectivity index (χ3n) is 3.34. The fraction of sp³-hybridized carbons (Fsp3) is 0.278. The van der Waals surface area contributed by atoms with Crippen molar-refractivity contribution in [2.75, 3.05) is 25.1 Å². The molecule has 0 aliphatic heterocycles. The van der Waals surface area contributed by atoms with Crippen LogP contribution in [0.25, 0.3) is 0 Å². The van der Waals surface area contributed by atoms with Crippen LogP contribution in [0.3, 0.4) is 0 Å². The normalized spacial score (nSPS) is 10.1. The van der Waals surface area contributed by atoms with E-state index < -0.39 is 0 Å². The topological polar surface area (TPSA) is 41.6 Å². The molecule has 0 unspecified atom stereocenters. The van der Waals surface area contributed by atoms with Gasteiger partial charge in [-0.2, -0.15) is 0 Å². The minimum atomic E-state index is -0.110. The highest BCUT2D eigenvalue weighted by molar-refractivity contribution is 5.91. The lowest BCUT2D eigenvalue weighted by Crippen LogP contribution is -2.38. The number of urea groups is 1. The number of carbonyl (C=O) groups is 1. The van der Waals surface area contributed by atoms with Crippen molar-refractivity contribution in [1.29, 1.82) is 0 Å². The fourth-order valence-electron chi connectivity index (χ4n) is 1.98. The second-order valence-electron chi connectivity index (χ2n) is 5.14. The Morgan fingerprint density at radius 3 is 2.45 bits per heavy atom. The first-order valence-corrected chi connectivity index (χ1v) is 7.43. The molecular weight excluding hydrogens is 276 g/mol. The van der Waals surface area contributed by atoms with E-state index in [-0.39, 0.29) is 6.03 Å². The van der Waals surface area contributed by atoms with Gasteiger partial charge < -0.3 is 10.1 Å². The Hall–Kier alpha value is -2.49. The van der Waals surface area contributed by atoms with Gasteiger partial charge in [-0.05, 0) is 37.6 Å². The van der Waals surface area contributed by atoms with Gasteiger partial charge in [0.15, 0.2) is 0 Å². The Morgan fingerprint density at radius 2 is 1.77 bits per heavy atom. The number of nitrogens with one attached hydrogen (secondary N) is 1. The molecule has 0 fully saturated rings. The molecule has 116 valence electrons. The number of benzene rings is 2. The summed E-state index contributed by atoms with van der Waals surface area (Å²) in [5.74, 6) is 0.860. The van der Waals surface area contributed by atoms with Gasteiger partial charge >= 0.3 is 6.03 Å². The van der Waals surface area contributed by atoms with Gasteiger partial charge in [-0.1, -0.05) is 35.9 Å². The number of amides is 2. The molecule has 2 aromatic carbocycles.